The fourth-order valence-corrected chi connectivity index (χ4v) is 3.41. The molecule has 2 aliphatic heterocycles. The number of halogens is 3. The van der Waals surface area contributed by atoms with E-state index < -0.39 is 73.1 Å². The van der Waals surface area contributed by atoms with E-state index in [0.29, 0.717) is 4.90 Å². The average Bonchev–Trinajstić information content (AvgIpc) is 3.18. The Labute approximate surface area is 197 Å². The van der Waals surface area contributed by atoms with Crippen LogP contribution in [0, 0.1) is 0 Å². The van der Waals surface area contributed by atoms with Gasteiger partial charge in [-0.3, -0.25) is 24.5 Å². The maximum absolute atomic E-state index is 14.7. The number of fused-ring (bicyclic) bond motifs is 1. The predicted molar refractivity (Wildman–Crippen MR) is 111 cm³/mol. The first-order valence-corrected chi connectivity index (χ1v) is 9.64. The van der Waals surface area contributed by atoms with Gasteiger partial charge >= 0.3 is 5.92 Å². The van der Waals surface area contributed by atoms with Crippen LogP contribution in [0.5, 0.6) is 0 Å². The van der Waals surface area contributed by atoms with Gasteiger partial charge in [0.25, 0.3) is 5.91 Å². The van der Waals surface area contributed by atoms with Crippen molar-refractivity contribution < 1.29 is 37.6 Å². The summed E-state index contributed by atoms with van der Waals surface area (Å²) in [6.07, 6.45) is -10.8. The second-order valence-corrected chi connectivity index (χ2v) is 7.44. The number of ketones is 1. The van der Waals surface area contributed by atoms with Gasteiger partial charge in [-0.1, -0.05) is 35.9 Å². The topological polar surface area (TPSA) is 83.6 Å². The highest BCUT2D eigenvalue weighted by Gasteiger charge is 2.41. The number of carbonyl (C=O) groups excluding carboxylic acids is 4. The number of hydrogen-bond acceptors (Lipinski definition) is 4. The van der Waals surface area contributed by atoms with E-state index in [2.05, 4.69) is 0 Å². The Kier molecular flexibility index (Phi) is 3.91. The van der Waals surface area contributed by atoms with E-state index >= 15 is 0 Å². The molecule has 3 amide bonds. The highest BCUT2D eigenvalue weighted by Crippen LogP contribution is 2.32. The minimum absolute atomic E-state index is 0.0222. The number of piperidine rings is 1. The van der Waals surface area contributed by atoms with Crippen LogP contribution in [-0.4, -0.2) is 34.4 Å². The standard InChI is InChI=1S/C23H19ClF2N2O4/c24-16-5-3-15(4-6-16)23(25,26)19(29)9-2-13-1-7-17-14(11-13)12-28(22(17)32)18-8-10-20(30)27-21(18)31/h1,3-7,11,18H,2,8-10,12H2,(H,27,30,31)/i2D2,8D2,10D2,18D. The Bertz CT molecular complexity index is 1420. The molecule has 2 aliphatic rings. The van der Waals surface area contributed by atoms with Crippen LogP contribution in [0.1, 0.15) is 55.8 Å². The summed E-state index contributed by atoms with van der Waals surface area (Å²) in [5.74, 6) is -10.0. The monoisotopic (exact) mass is 467 g/mol. The van der Waals surface area contributed by atoms with Gasteiger partial charge in [0, 0.05) is 43.7 Å². The summed E-state index contributed by atoms with van der Waals surface area (Å²) in [6.45, 7) is -0.659. The largest absolute Gasteiger partial charge is 0.330 e. The van der Waals surface area contributed by atoms with Crippen molar-refractivity contribution in [3.05, 3.63) is 69.7 Å². The first kappa shape index (κ1) is 14.8. The minimum Gasteiger partial charge on any atom is -0.322 e. The van der Waals surface area contributed by atoms with Crippen molar-refractivity contribution in [3.63, 3.8) is 0 Å². The van der Waals surface area contributed by atoms with Crippen molar-refractivity contribution in [1.82, 2.24) is 10.2 Å². The molecule has 32 heavy (non-hydrogen) atoms. The summed E-state index contributed by atoms with van der Waals surface area (Å²) in [4.78, 5) is 50.4. The van der Waals surface area contributed by atoms with Gasteiger partial charge in [0.2, 0.25) is 17.6 Å². The van der Waals surface area contributed by atoms with Crippen LogP contribution >= 0.6 is 11.6 Å². The smallest absolute Gasteiger partial charge is 0.322 e. The van der Waals surface area contributed by atoms with Gasteiger partial charge < -0.3 is 4.90 Å². The molecular formula is C23H19ClF2N2O4. The first-order chi connectivity index (χ1) is 17.8. The lowest BCUT2D eigenvalue weighted by Gasteiger charge is -2.29. The minimum atomic E-state index is -4.03. The highest BCUT2D eigenvalue weighted by molar-refractivity contribution is 6.30. The average molecular weight is 468 g/mol. The molecule has 0 aromatic heterocycles. The fourth-order valence-electron chi connectivity index (χ4n) is 3.28. The number of carbonyl (C=O) groups is 4. The Morgan fingerprint density at radius 3 is 2.69 bits per heavy atom. The summed E-state index contributed by atoms with van der Waals surface area (Å²) >= 11 is 5.69. The maximum Gasteiger partial charge on any atom is 0.330 e. The number of nitrogens with one attached hydrogen (secondary N) is 1. The van der Waals surface area contributed by atoms with Crippen LogP contribution in [-0.2, 0) is 33.2 Å². The lowest BCUT2D eigenvalue weighted by molar-refractivity contribution is -0.144. The predicted octanol–water partition coefficient (Wildman–Crippen LogP) is 3.39. The zero-order valence-electron chi connectivity index (χ0n) is 23.2. The number of amides is 3. The normalized spacial score (nSPS) is 27.7. The van der Waals surface area contributed by atoms with Crippen LogP contribution in [0.3, 0.4) is 0 Å². The molecule has 2 aromatic carbocycles. The van der Waals surface area contributed by atoms with E-state index in [9.17, 15) is 28.0 Å². The molecule has 1 atom stereocenters. The van der Waals surface area contributed by atoms with Gasteiger partial charge in [0.05, 0.1) is 1.37 Å². The number of rotatable bonds is 6. The molecule has 2 heterocycles. The summed E-state index contributed by atoms with van der Waals surface area (Å²) < 4.78 is 86.4. The molecule has 1 unspecified atom stereocenters. The van der Waals surface area contributed by atoms with Gasteiger partial charge in [-0.15, -0.1) is 0 Å². The molecule has 1 fully saturated rings. The fraction of sp³-hybridized carbons (Fsp3) is 0.304. The van der Waals surface area contributed by atoms with E-state index in [1.54, 1.807) is 5.32 Å². The number of alkyl halides is 2. The zero-order chi connectivity index (χ0) is 29.3. The van der Waals surface area contributed by atoms with Crippen molar-refractivity contribution in [2.45, 2.75) is 44.0 Å². The third-order valence-electron chi connectivity index (χ3n) is 4.93. The van der Waals surface area contributed by atoms with E-state index in [0.717, 1.165) is 42.5 Å². The number of nitrogens with zero attached hydrogens (tertiary/aromatic N) is 1. The second-order valence-electron chi connectivity index (χ2n) is 7.00. The van der Waals surface area contributed by atoms with Crippen LogP contribution in [0.4, 0.5) is 8.78 Å². The third-order valence-corrected chi connectivity index (χ3v) is 5.18. The molecule has 9 heteroatoms. The van der Waals surface area contributed by atoms with Crippen LogP contribution in [0.2, 0.25) is 5.02 Å². The van der Waals surface area contributed by atoms with Gasteiger partial charge in [0.15, 0.2) is 0 Å². The number of Topliss-reactive ketones (excluding diaryl/α,β-unsaturated/α-hetero) is 1. The molecule has 2 aromatic rings. The lowest BCUT2D eigenvalue weighted by atomic mass is 9.97. The quantitative estimate of drug-likeness (QED) is 0.660. The summed E-state index contributed by atoms with van der Waals surface area (Å²) in [5, 5.41) is 1.74. The highest BCUT2D eigenvalue weighted by atomic mass is 35.5. The van der Waals surface area contributed by atoms with Gasteiger partial charge in [-0.05, 0) is 42.1 Å². The Balaban J connectivity index is 1.63. The Morgan fingerprint density at radius 2 is 1.97 bits per heavy atom. The van der Waals surface area contributed by atoms with Crippen molar-refractivity contribution in [2.24, 2.45) is 0 Å². The Morgan fingerprint density at radius 1 is 1.25 bits per heavy atom. The number of aryl methyl sites for hydroxylation is 1. The molecule has 0 bridgehead atoms. The summed E-state index contributed by atoms with van der Waals surface area (Å²) in [6, 6.07) is 4.18. The van der Waals surface area contributed by atoms with Crippen LogP contribution in [0.25, 0.3) is 0 Å². The van der Waals surface area contributed by atoms with E-state index in [1.807, 2.05) is 0 Å². The molecule has 6 nitrogen and oxygen atoms in total. The molecule has 0 spiro atoms. The van der Waals surface area contributed by atoms with Crippen molar-refractivity contribution >= 4 is 35.1 Å². The molecule has 166 valence electrons. The molecule has 0 aliphatic carbocycles. The number of benzene rings is 2. The summed E-state index contributed by atoms with van der Waals surface area (Å²) in [5.41, 5.74) is -1.16. The van der Waals surface area contributed by atoms with E-state index in [4.69, 9.17) is 21.2 Å². The van der Waals surface area contributed by atoms with Crippen molar-refractivity contribution in [3.8, 4) is 0 Å². The first-order valence-electron chi connectivity index (χ1n) is 12.8. The number of imide groups is 1. The SMILES string of the molecule is [2H]C([2H])(CC(=O)C(F)(F)c1ccc(Cl)cc1)c1ccc2c(c1)CN(C1([2H])C(=O)NC(=O)C([2H])([2H])C1([2H])[2H])C2=O. The van der Waals surface area contributed by atoms with Crippen LogP contribution < -0.4 is 5.32 Å². The molecule has 4 rings (SSSR count). The molecule has 1 saturated heterocycles. The molecule has 1 N–H and O–H groups in total. The number of hydrogen-bond donors (Lipinski definition) is 1. The van der Waals surface area contributed by atoms with E-state index in [-0.39, 0.29) is 21.7 Å². The van der Waals surface area contributed by atoms with Crippen LogP contribution in [0.15, 0.2) is 42.5 Å². The second kappa shape index (κ2) is 8.43. The lowest BCUT2D eigenvalue weighted by Crippen LogP contribution is -2.52. The van der Waals surface area contributed by atoms with Gasteiger partial charge in [-0.2, -0.15) is 8.78 Å². The zero-order valence-corrected chi connectivity index (χ0v) is 16.9. The van der Waals surface area contributed by atoms with Gasteiger partial charge in [-0.25, -0.2) is 0 Å². The van der Waals surface area contributed by atoms with Crippen molar-refractivity contribution in [2.75, 3.05) is 0 Å². The molecule has 0 saturated carbocycles. The third kappa shape index (κ3) is 4.14. The van der Waals surface area contributed by atoms with Gasteiger partial charge in [0.1, 0.15) is 6.02 Å². The van der Waals surface area contributed by atoms with E-state index in [1.165, 1.54) is 0 Å². The Hall–Kier alpha value is -3.13. The molecule has 0 radical (unpaired) electrons. The maximum atomic E-state index is 14.7. The molecular weight excluding hydrogens is 442 g/mol. The summed E-state index contributed by atoms with van der Waals surface area (Å²) in [7, 11) is 0. The van der Waals surface area contributed by atoms with Crippen molar-refractivity contribution in [1.29, 1.82) is 0 Å².